The molecule has 2 unspecified atom stereocenters. The molecule has 22 heavy (non-hydrogen) atoms. The fourth-order valence-corrected chi connectivity index (χ4v) is 4.02. The number of nitrogens with zero attached hydrogens (tertiary/aromatic N) is 1. The average Bonchev–Trinajstić information content (AvgIpc) is 2.87. The molecule has 0 amide bonds. The van der Waals surface area contributed by atoms with E-state index >= 15 is 0 Å². The topological polar surface area (TPSA) is 117 Å². The zero-order valence-electron chi connectivity index (χ0n) is 11.4. The zero-order chi connectivity index (χ0) is 16.1. The van der Waals surface area contributed by atoms with Gasteiger partial charge in [0.15, 0.2) is 6.23 Å². The first-order valence-corrected chi connectivity index (χ1v) is 9.37. The SMILES string of the molecule is CS(=O)(=O)OC[C@]12COC(C1I)[C@H](n1ccc(=O)[nH]c1=O)O2. The van der Waals surface area contributed by atoms with Crippen molar-refractivity contribution in [3.8, 4) is 0 Å². The van der Waals surface area contributed by atoms with Gasteiger partial charge in [-0.3, -0.25) is 18.5 Å². The molecule has 2 aliphatic rings. The number of aromatic nitrogens is 2. The Hall–Kier alpha value is -0.760. The smallest absolute Gasteiger partial charge is 0.330 e. The van der Waals surface area contributed by atoms with Crippen molar-refractivity contribution in [3.05, 3.63) is 33.1 Å². The second-order valence-electron chi connectivity index (χ2n) is 5.23. The van der Waals surface area contributed by atoms with E-state index in [4.69, 9.17) is 13.7 Å². The van der Waals surface area contributed by atoms with Crippen molar-refractivity contribution in [1.29, 1.82) is 0 Å². The van der Waals surface area contributed by atoms with Crippen molar-refractivity contribution in [2.24, 2.45) is 0 Å². The van der Waals surface area contributed by atoms with Crippen molar-refractivity contribution in [2.75, 3.05) is 19.5 Å². The first-order valence-electron chi connectivity index (χ1n) is 6.31. The lowest BCUT2D eigenvalue weighted by atomic mass is 10.0. The Bertz CT molecular complexity index is 803. The van der Waals surface area contributed by atoms with Gasteiger partial charge in [-0.25, -0.2) is 4.79 Å². The molecule has 11 heteroatoms. The molecule has 3 heterocycles. The molecule has 0 radical (unpaired) electrons. The van der Waals surface area contributed by atoms with E-state index in [0.29, 0.717) is 0 Å². The first-order chi connectivity index (χ1) is 10.2. The second-order valence-corrected chi connectivity index (χ2v) is 8.22. The van der Waals surface area contributed by atoms with Crippen LogP contribution in [-0.2, 0) is 23.8 Å². The van der Waals surface area contributed by atoms with E-state index in [1.54, 1.807) is 0 Å². The fourth-order valence-electron chi connectivity index (χ4n) is 2.54. The van der Waals surface area contributed by atoms with Crippen LogP contribution in [0.3, 0.4) is 0 Å². The molecule has 122 valence electrons. The monoisotopic (exact) mass is 444 g/mol. The van der Waals surface area contributed by atoms with Crippen LogP contribution in [0, 0.1) is 0 Å². The number of rotatable bonds is 4. The van der Waals surface area contributed by atoms with Crippen LogP contribution in [0.5, 0.6) is 0 Å². The third kappa shape index (κ3) is 2.75. The van der Waals surface area contributed by atoms with Gasteiger partial charge in [0.2, 0.25) is 0 Å². The summed E-state index contributed by atoms with van der Waals surface area (Å²) in [7, 11) is -3.62. The van der Waals surface area contributed by atoms with E-state index < -0.39 is 39.3 Å². The lowest BCUT2D eigenvalue weighted by Crippen LogP contribution is -2.44. The van der Waals surface area contributed by atoms with Gasteiger partial charge >= 0.3 is 5.69 Å². The van der Waals surface area contributed by atoms with Crippen LogP contribution in [0.2, 0.25) is 0 Å². The van der Waals surface area contributed by atoms with Crippen LogP contribution in [0.15, 0.2) is 21.9 Å². The number of halogens is 1. The highest BCUT2D eigenvalue weighted by Crippen LogP contribution is 2.48. The van der Waals surface area contributed by atoms with Crippen molar-refractivity contribution >= 4 is 32.7 Å². The molecule has 3 rings (SSSR count). The van der Waals surface area contributed by atoms with Crippen molar-refractivity contribution in [1.82, 2.24) is 9.55 Å². The summed E-state index contributed by atoms with van der Waals surface area (Å²) in [4.78, 5) is 25.1. The van der Waals surface area contributed by atoms with Crippen molar-refractivity contribution in [2.45, 2.75) is 21.9 Å². The van der Waals surface area contributed by atoms with Gasteiger partial charge in [0.05, 0.1) is 23.4 Å². The Morgan fingerprint density at radius 3 is 2.91 bits per heavy atom. The summed E-state index contributed by atoms with van der Waals surface area (Å²) in [5, 5.41) is 0. The predicted molar refractivity (Wildman–Crippen MR) is 82.5 cm³/mol. The Kier molecular flexibility index (Phi) is 3.96. The molecule has 1 N–H and O–H groups in total. The highest BCUT2D eigenvalue weighted by atomic mass is 127. The summed E-state index contributed by atoms with van der Waals surface area (Å²) in [6, 6.07) is 1.21. The molecule has 2 saturated heterocycles. The van der Waals surface area contributed by atoms with E-state index in [1.807, 2.05) is 0 Å². The van der Waals surface area contributed by atoms with Gasteiger partial charge in [0.25, 0.3) is 15.7 Å². The molecule has 0 aromatic carbocycles. The normalized spacial score (nSPS) is 34.2. The molecule has 0 aliphatic carbocycles. The Morgan fingerprint density at radius 1 is 1.55 bits per heavy atom. The number of H-pyrrole nitrogens is 1. The molecule has 1 aromatic heterocycles. The molecular weight excluding hydrogens is 431 g/mol. The van der Waals surface area contributed by atoms with E-state index in [1.165, 1.54) is 16.8 Å². The van der Waals surface area contributed by atoms with E-state index in [-0.39, 0.29) is 17.1 Å². The van der Waals surface area contributed by atoms with Crippen LogP contribution in [0.4, 0.5) is 0 Å². The number of hydrogen-bond donors (Lipinski definition) is 1. The molecule has 1 aromatic rings. The maximum absolute atomic E-state index is 11.9. The van der Waals surface area contributed by atoms with Crippen molar-refractivity contribution < 1.29 is 22.1 Å². The predicted octanol–water partition coefficient (Wildman–Crippen LogP) is -1.02. The van der Waals surface area contributed by atoms with Gasteiger partial charge < -0.3 is 9.47 Å². The maximum Gasteiger partial charge on any atom is 0.330 e. The summed E-state index contributed by atoms with van der Waals surface area (Å²) >= 11 is 2.10. The highest BCUT2D eigenvalue weighted by Gasteiger charge is 2.61. The van der Waals surface area contributed by atoms with Gasteiger partial charge in [-0.1, -0.05) is 22.6 Å². The minimum atomic E-state index is -3.62. The van der Waals surface area contributed by atoms with Crippen LogP contribution < -0.4 is 11.2 Å². The quantitative estimate of drug-likeness (QED) is 0.359. The summed E-state index contributed by atoms with van der Waals surface area (Å²) in [5.41, 5.74) is -2.07. The van der Waals surface area contributed by atoms with Gasteiger partial charge in [-0.2, -0.15) is 8.42 Å². The summed E-state index contributed by atoms with van der Waals surface area (Å²) in [6.07, 6.45) is 1.10. The minimum absolute atomic E-state index is 0.176. The molecule has 2 bridgehead atoms. The lowest BCUT2D eigenvalue weighted by molar-refractivity contribution is -0.181. The highest BCUT2D eigenvalue weighted by molar-refractivity contribution is 14.1. The summed E-state index contributed by atoms with van der Waals surface area (Å²) in [6.45, 7) is -0.0139. The maximum atomic E-state index is 11.9. The van der Waals surface area contributed by atoms with Gasteiger partial charge in [0, 0.05) is 12.3 Å². The summed E-state index contributed by atoms with van der Waals surface area (Å²) in [5.74, 6) is 0. The number of ether oxygens (including phenoxy) is 2. The summed E-state index contributed by atoms with van der Waals surface area (Å²) < 4.78 is 39.8. The van der Waals surface area contributed by atoms with E-state index in [2.05, 4.69) is 27.6 Å². The number of nitrogens with one attached hydrogen (secondary N) is 1. The lowest BCUT2D eigenvalue weighted by Gasteiger charge is -2.30. The molecule has 2 aliphatic heterocycles. The van der Waals surface area contributed by atoms with Gasteiger partial charge in [-0.05, 0) is 0 Å². The number of hydrogen-bond acceptors (Lipinski definition) is 7. The van der Waals surface area contributed by atoms with Crippen molar-refractivity contribution in [3.63, 3.8) is 0 Å². The Balaban J connectivity index is 1.89. The first kappa shape index (κ1) is 16.1. The van der Waals surface area contributed by atoms with E-state index in [0.717, 1.165) is 6.26 Å². The van der Waals surface area contributed by atoms with Gasteiger partial charge in [0.1, 0.15) is 11.7 Å². The third-order valence-electron chi connectivity index (χ3n) is 3.59. The largest absolute Gasteiger partial charge is 0.369 e. The molecular formula is C11H13IN2O7S. The molecule has 2 fully saturated rings. The average molecular weight is 444 g/mol. The second kappa shape index (κ2) is 5.40. The molecule has 0 spiro atoms. The molecule has 9 nitrogen and oxygen atoms in total. The molecule has 0 saturated carbocycles. The molecule has 4 atom stereocenters. The van der Waals surface area contributed by atoms with Gasteiger partial charge in [-0.15, -0.1) is 0 Å². The minimum Gasteiger partial charge on any atom is -0.369 e. The fraction of sp³-hybridized carbons (Fsp3) is 0.636. The number of aromatic amines is 1. The van der Waals surface area contributed by atoms with E-state index in [9.17, 15) is 18.0 Å². The van der Waals surface area contributed by atoms with Crippen LogP contribution in [-0.4, -0.2) is 53.1 Å². The Labute approximate surface area is 138 Å². The number of alkyl halides is 1. The van der Waals surface area contributed by atoms with Crippen LogP contribution >= 0.6 is 22.6 Å². The standard InChI is InChI=1S/C11H13IN2O7S/c1-22(17,18)20-5-11-4-19-7(8(11)12)9(21-11)14-3-2-6(15)13-10(14)16/h2-3,7-9H,4-5H2,1H3,(H,13,15,16)/t7?,8?,9-,11-/m1/s1. The van der Waals surface area contributed by atoms with Crippen LogP contribution in [0.25, 0.3) is 0 Å². The van der Waals surface area contributed by atoms with Crippen LogP contribution in [0.1, 0.15) is 6.23 Å². The Morgan fingerprint density at radius 2 is 2.27 bits per heavy atom. The number of fused-ring (bicyclic) bond motifs is 2. The third-order valence-corrected chi connectivity index (χ3v) is 5.98. The zero-order valence-corrected chi connectivity index (χ0v) is 14.4.